The highest BCUT2D eigenvalue weighted by Crippen LogP contribution is 1.99. The van der Waals surface area contributed by atoms with Gasteiger partial charge in [0.1, 0.15) is 0 Å². The Labute approximate surface area is 130 Å². The van der Waals surface area contributed by atoms with E-state index in [0.717, 1.165) is 65.4 Å². The number of hydrogen-bond donors (Lipinski definition) is 6. The van der Waals surface area contributed by atoms with Gasteiger partial charge in [-0.2, -0.15) is 0 Å². The van der Waals surface area contributed by atoms with Crippen LogP contribution in [0.2, 0.25) is 0 Å². The molecule has 0 radical (unpaired) electrons. The molecular weight excluding hydrogens is 264 g/mol. The van der Waals surface area contributed by atoms with Crippen molar-refractivity contribution in [1.82, 2.24) is 31.9 Å². The van der Waals surface area contributed by atoms with Crippen LogP contribution >= 0.6 is 0 Å². The zero-order valence-corrected chi connectivity index (χ0v) is 13.8. The van der Waals surface area contributed by atoms with E-state index in [1.165, 1.54) is 19.3 Å². The summed E-state index contributed by atoms with van der Waals surface area (Å²) in [5.74, 6) is 0. The molecule has 0 saturated carbocycles. The Morgan fingerprint density at radius 1 is 0.762 bits per heavy atom. The fourth-order valence-corrected chi connectivity index (χ4v) is 2.52. The van der Waals surface area contributed by atoms with Crippen molar-refractivity contribution in [3.05, 3.63) is 0 Å². The summed E-state index contributed by atoms with van der Waals surface area (Å²) in [4.78, 5) is 0. The van der Waals surface area contributed by atoms with Crippen LogP contribution in [0.5, 0.6) is 0 Å². The van der Waals surface area contributed by atoms with Crippen molar-refractivity contribution in [2.45, 2.75) is 25.3 Å². The van der Waals surface area contributed by atoms with Crippen molar-refractivity contribution in [3.63, 3.8) is 0 Å². The first-order valence-corrected chi connectivity index (χ1v) is 8.64. The normalized spacial score (nSPS) is 24.1. The van der Waals surface area contributed by atoms with Gasteiger partial charge in [-0.1, -0.05) is 6.42 Å². The zero-order chi connectivity index (χ0) is 15.0. The van der Waals surface area contributed by atoms with Gasteiger partial charge >= 0.3 is 0 Å². The van der Waals surface area contributed by atoms with Crippen LogP contribution in [0.3, 0.4) is 0 Å². The fraction of sp³-hybridized carbons (Fsp3) is 1.00. The zero-order valence-electron chi connectivity index (χ0n) is 13.8. The van der Waals surface area contributed by atoms with Crippen molar-refractivity contribution in [1.29, 1.82) is 0 Å². The summed E-state index contributed by atoms with van der Waals surface area (Å²) in [5, 5.41) is 20.8. The summed E-state index contributed by atoms with van der Waals surface area (Å²) in [5.41, 5.74) is 0. The van der Waals surface area contributed by atoms with E-state index in [4.69, 9.17) is 0 Å². The maximum Gasteiger partial charge on any atom is 0.0193 e. The summed E-state index contributed by atoms with van der Waals surface area (Å²) in [7, 11) is 2.03. The van der Waals surface area contributed by atoms with Crippen molar-refractivity contribution in [3.8, 4) is 0 Å². The lowest BCUT2D eigenvalue weighted by atomic mass is 10.1. The molecule has 21 heavy (non-hydrogen) atoms. The topological polar surface area (TPSA) is 72.2 Å². The summed E-state index contributed by atoms with van der Waals surface area (Å²) in [6.45, 7) is 10.6. The summed E-state index contributed by atoms with van der Waals surface area (Å²) >= 11 is 0. The van der Waals surface area contributed by atoms with Gasteiger partial charge in [-0.15, -0.1) is 0 Å². The first-order valence-electron chi connectivity index (χ1n) is 8.64. The maximum absolute atomic E-state index is 3.68. The molecule has 1 heterocycles. The van der Waals surface area contributed by atoms with Crippen LogP contribution in [0.15, 0.2) is 0 Å². The lowest BCUT2D eigenvalue weighted by molar-refractivity contribution is 0.428. The van der Waals surface area contributed by atoms with E-state index in [2.05, 4.69) is 31.9 Å². The first kappa shape index (κ1) is 18.8. The van der Waals surface area contributed by atoms with Crippen molar-refractivity contribution < 1.29 is 0 Å². The summed E-state index contributed by atoms with van der Waals surface area (Å²) < 4.78 is 0. The third-order valence-corrected chi connectivity index (χ3v) is 3.79. The number of rotatable bonds is 5. The number of unbranched alkanes of at least 4 members (excludes halogenated alkanes) is 1. The Hall–Kier alpha value is -0.240. The second-order valence-corrected chi connectivity index (χ2v) is 5.70. The first-order chi connectivity index (χ1) is 10.4. The van der Waals surface area contributed by atoms with E-state index in [-0.39, 0.29) is 0 Å². The van der Waals surface area contributed by atoms with Gasteiger partial charge in [0.25, 0.3) is 0 Å². The standard InChI is InChI=1S/C15H36N6/c1-16-5-3-2-4-15-14-20-11-10-18-7-6-17-8-9-19-12-13-21-15/h15-21H,2-14H2,1H3/t15-/m0/s1. The van der Waals surface area contributed by atoms with E-state index >= 15 is 0 Å². The van der Waals surface area contributed by atoms with Crippen LogP contribution in [0.25, 0.3) is 0 Å². The minimum Gasteiger partial charge on any atom is -0.320 e. The minimum absolute atomic E-state index is 0.590. The molecule has 0 spiro atoms. The highest BCUT2D eigenvalue weighted by molar-refractivity contribution is 4.71. The molecule has 1 atom stereocenters. The second kappa shape index (κ2) is 14.7. The third kappa shape index (κ3) is 12.0. The molecule has 6 heteroatoms. The van der Waals surface area contributed by atoms with Crippen molar-refractivity contribution in [2.24, 2.45) is 0 Å². The summed E-state index contributed by atoms with van der Waals surface area (Å²) in [6, 6.07) is 0.590. The third-order valence-electron chi connectivity index (χ3n) is 3.79. The van der Waals surface area contributed by atoms with Gasteiger partial charge < -0.3 is 31.9 Å². The molecule has 0 amide bonds. The van der Waals surface area contributed by atoms with Crippen LogP contribution in [0.1, 0.15) is 19.3 Å². The Morgan fingerprint density at radius 3 is 1.95 bits per heavy atom. The van der Waals surface area contributed by atoms with Crippen molar-refractivity contribution >= 4 is 0 Å². The molecule has 126 valence electrons. The fourth-order valence-electron chi connectivity index (χ4n) is 2.52. The maximum atomic E-state index is 3.68. The summed E-state index contributed by atoms with van der Waals surface area (Å²) in [6.07, 6.45) is 3.81. The lowest BCUT2D eigenvalue weighted by Gasteiger charge is -2.20. The molecule has 1 fully saturated rings. The van der Waals surface area contributed by atoms with Gasteiger partial charge in [0, 0.05) is 64.9 Å². The smallest absolute Gasteiger partial charge is 0.0193 e. The van der Waals surface area contributed by atoms with E-state index < -0.39 is 0 Å². The van der Waals surface area contributed by atoms with Gasteiger partial charge in [0.05, 0.1) is 0 Å². The number of nitrogens with one attached hydrogen (secondary N) is 6. The minimum atomic E-state index is 0.590. The van der Waals surface area contributed by atoms with Crippen LogP contribution in [0.4, 0.5) is 0 Å². The van der Waals surface area contributed by atoms with Gasteiger partial charge in [0.2, 0.25) is 0 Å². The highest BCUT2D eigenvalue weighted by Gasteiger charge is 2.07. The largest absolute Gasteiger partial charge is 0.320 e. The molecular formula is C15H36N6. The molecule has 1 aliphatic heterocycles. The van der Waals surface area contributed by atoms with Crippen molar-refractivity contribution in [2.75, 3.05) is 72.5 Å². The van der Waals surface area contributed by atoms with E-state index in [9.17, 15) is 0 Å². The Kier molecular flexibility index (Phi) is 13.2. The number of hydrogen-bond acceptors (Lipinski definition) is 6. The molecule has 0 bridgehead atoms. The van der Waals surface area contributed by atoms with Gasteiger partial charge in [-0.25, -0.2) is 0 Å². The lowest BCUT2D eigenvalue weighted by Crippen LogP contribution is -2.43. The van der Waals surface area contributed by atoms with Crippen LogP contribution in [0, 0.1) is 0 Å². The Morgan fingerprint density at radius 2 is 1.33 bits per heavy atom. The van der Waals surface area contributed by atoms with Gasteiger partial charge in [-0.3, -0.25) is 0 Å². The molecule has 6 N–H and O–H groups in total. The SMILES string of the molecule is CNCCCC[C@H]1CNCCNCCNCCNCCN1. The molecule has 0 aliphatic carbocycles. The second-order valence-electron chi connectivity index (χ2n) is 5.70. The molecule has 1 aliphatic rings. The highest BCUT2D eigenvalue weighted by atomic mass is 15.0. The van der Waals surface area contributed by atoms with Crippen LogP contribution < -0.4 is 31.9 Å². The quantitative estimate of drug-likeness (QED) is 0.355. The average Bonchev–Trinajstić information content (AvgIpc) is 2.51. The van der Waals surface area contributed by atoms with E-state index in [1.54, 1.807) is 0 Å². The molecule has 1 saturated heterocycles. The van der Waals surface area contributed by atoms with Gasteiger partial charge in [-0.05, 0) is 26.4 Å². The molecule has 0 aromatic heterocycles. The average molecular weight is 300 g/mol. The molecule has 6 nitrogen and oxygen atoms in total. The molecule has 1 rings (SSSR count). The van der Waals surface area contributed by atoms with Crippen LogP contribution in [-0.2, 0) is 0 Å². The molecule has 0 aromatic rings. The molecule has 0 unspecified atom stereocenters. The Bertz CT molecular complexity index is 198. The monoisotopic (exact) mass is 300 g/mol. The van der Waals surface area contributed by atoms with E-state index in [1.807, 2.05) is 7.05 Å². The predicted molar refractivity (Wildman–Crippen MR) is 91.0 cm³/mol. The van der Waals surface area contributed by atoms with Gasteiger partial charge in [0.15, 0.2) is 0 Å². The van der Waals surface area contributed by atoms with Crippen LogP contribution in [-0.4, -0.2) is 78.5 Å². The predicted octanol–water partition coefficient (Wildman–Crippen LogP) is -1.29. The Balaban J connectivity index is 2.20. The van der Waals surface area contributed by atoms with E-state index in [0.29, 0.717) is 6.04 Å². The molecule has 0 aromatic carbocycles.